The quantitative estimate of drug-likeness (QED) is 0.703. The first-order chi connectivity index (χ1) is 6.47. The second-order valence-electron chi connectivity index (χ2n) is 4.79. The van der Waals surface area contributed by atoms with Crippen LogP contribution in [0, 0.1) is 6.42 Å². The third-order valence-corrected chi connectivity index (χ3v) is 2.16. The van der Waals surface area contributed by atoms with Crippen LogP contribution in [-0.2, 0) is 4.74 Å². The predicted molar refractivity (Wildman–Crippen MR) is 55.9 cm³/mol. The van der Waals surface area contributed by atoms with Gasteiger partial charge in [0, 0.05) is 6.04 Å². The molecule has 0 spiro atoms. The van der Waals surface area contributed by atoms with Crippen molar-refractivity contribution in [2.24, 2.45) is 0 Å². The second-order valence-corrected chi connectivity index (χ2v) is 4.79. The van der Waals surface area contributed by atoms with Crippen molar-refractivity contribution in [1.82, 2.24) is 5.32 Å². The van der Waals surface area contributed by atoms with Crippen molar-refractivity contribution < 1.29 is 9.53 Å². The van der Waals surface area contributed by atoms with E-state index in [-0.39, 0.29) is 6.09 Å². The number of hydrogen-bond acceptors (Lipinski definition) is 2. The molecular formula is C11H20NO2. The van der Waals surface area contributed by atoms with Crippen LogP contribution in [0.2, 0.25) is 0 Å². The van der Waals surface area contributed by atoms with Crippen LogP contribution in [0.4, 0.5) is 4.79 Å². The highest BCUT2D eigenvalue weighted by Crippen LogP contribution is 2.17. The van der Waals surface area contributed by atoms with Crippen LogP contribution in [0.25, 0.3) is 0 Å². The van der Waals surface area contributed by atoms with Gasteiger partial charge in [0.1, 0.15) is 5.60 Å². The molecule has 3 heteroatoms. The van der Waals surface area contributed by atoms with E-state index in [9.17, 15) is 4.79 Å². The van der Waals surface area contributed by atoms with Crippen molar-refractivity contribution >= 4 is 6.09 Å². The monoisotopic (exact) mass is 198 g/mol. The summed E-state index contributed by atoms with van der Waals surface area (Å²) < 4.78 is 5.18. The van der Waals surface area contributed by atoms with E-state index in [0.29, 0.717) is 6.04 Å². The minimum absolute atomic E-state index is 0.288. The van der Waals surface area contributed by atoms with Gasteiger partial charge in [-0.15, -0.1) is 0 Å². The Labute approximate surface area is 86.2 Å². The summed E-state index contributed by atoms with van der Waals surface area (Å²) in [5.74, 6) is 0. The Morgan fingerprint density at radius 2 is 1.93 bits per heavy atom. The third kappa shape index (κ3) is 4.49. The van der Waals surface area contributed by atoms with Gasteiger partial charge in [0.05, 0.1) is 0 Å². The molecule has 81 valence electrons. The number of ether oxygens (including phenoxy) is 1. The van der Waals surface area contributed by atoms with E-state index >= 15 is 0 Å². The number of carbonyl (C=O) groups excluding carboxylic acids is 1. The van der Waals surface area contributed by atoms with Gasteiger partial charge in [-0.2, -0.15) is 0 Å². The fourth-order valence-electron chi connectivity index (χ4n) is 1.55. The Balaban J connectivity index is 2.25. The van der Waals surface area contributed by atoms with Crippen LogP contribution in [0.1, 0.15) is 46.5 Å². The molecule has 14 heavy (non-hydrogen) atoms. The molecule has 0 heterocycles. The Morgan fingerprint density at radius 1 is 1.36 bits per heavy atom. The molecule has 0 aromatic rings. The Hall–Kier alpha value is -0.730. The van der Waals surface area contributed by atoms with Gasteiger partial charge in [0.2, 0.25) is 0 Å². The molecule has 1 fully saturated rings. The maximum Gasteiger partial charge on any atom is 0.407 e. The van der Waals surface area contributed by atoms with E-state index in [4.69, 9.17) is 4.74 Å². The van der Waals surface area contributed by atoms with Crippen LogP contribution in [0.3, 0.4) is 0 Å². The highest BCUT2D eigenvalue weighted by Gasteiger charge is 2.20. The summed E-state index contributed by atoms with van der Waals surface area (Å²) in [6.45, 7) is 5.63. The fourth-order valence-corrected chi connectivity index (χ4v) is 1.55. The maximum absolute atomic E-state index is 11.4. The summed E-state index contributed by atoms with van der Waals surface area (Å²) in [6.07, 6.45) is 6.26. The molecule has 1 rings (SSSR count). The summed E-state index contributed by atoms with van der Waals surface area (Å²) in [5.41, 5.74) is -0.398. The standard InChI is InChI=1S/C11H20NO2/c1-11(2,3)14-10(13)12-9-7-5-4-6-8-9/h4,9H,5-8H2,1-3H3,(H,12,13). The molecule has 0 atom stereocenters. The molecule has 0 aromatic carbocycles. The average Bonchev–Trinajstić information content (AvgIpc) is 2.02. The van der Waals surface area contributed by atoms with Gasteiger partial charge in [-0.1, -0.05) is 0 Å². The number of amides is 1. The number of hydrogen-bond donors (Lipinski definition) is 1. The van der Waals surface area contributed by atoms with Gasteiger partial charge < -0.3 is 10.1 Å². The van der Waals surface area contributed by atoms with Gasteiger partial charge in [-0.3, -0.25) is 0 Å². The topological polar surface area (TPSA) is 38.3 Å². The van der Waals surface area contributed by atoms with Crippen LogP contribution in [-0.4, -0.2) is 17.7 Å². The lowest BCUT2D eigenvalue weighted by atomic mass is 9.96. The van der Waals surface area contributed by atoms with Gasteiger partial charge in [-0.25, -0.2) is 4.79 Å². The van der Waals surface area contributed by atoms with Crippen LogP contribution < -0.4 is 5.32 Å². The number of alkyl carbamates (subject to hydrolysis) is 1. The summed E-state index contributed by atoms with van der Waals surface area (Å²) in [6, 6.07) is 0.301. The number of carbonyl (C=O) groups is 1. The van der Waals surface area contributed by atoms with Gasteiger partial charge in [-0.05, 0) is 52.9 Å². The van der Waals surface area contributed by atoms with Crippen molar-refractivity contribution in [3.63, 3.8) is 0 Å². The molecule has 1 aliphatic carbocycles. The first-order valence-electron chi connectivity index (χ1n) is 5.28. The van der Waals surface area contributed by atoms with Crippen LogP contribution in [0.5, 0.6) is 0 Å². The Morgan fingerprint density at radius 3 is 2.43 bits per heavy atom. The average molecular weight is 198 g/mol. The lowest BCUT2D eigenvalue weighted by Gasteiger charge is -2.25. The minimum atomic E-state index is -0.398. The summed E-state index contributed by atoms with van der Waals surface area (Å²) in [5, 5.41) is 2.89. The van der Waals surface area contributed by atoms with E-state index in [1.165, 1.54) is 0 Å². The van der Waals surface area contributed by atoms with Crippen molar-refractivity contribution in [3.05, 3.63) is 6.42 Å². The number of nitrogens with one attached hydrogen (secondary N) is 1. The van der Waals surface area contributed by atoms with E-state index in [0.717, 1.165) is 25.7 Å². The number of rotatable bonds is 1. The fraction of sp³-hybridized carbons (Fsp3) is 0.818. The molecular weight excluding hydrogens is 178 g/mol. The zero-order chi connectivity index (χ0) is 10.6. The molecule has 3 nitrogen and oxygen atoms in total. The zero-order valence-electron chi connectivity index (χ0n) is 9.30. The molecule has 0 saturated heterocycles. The summed E-state index contributed by atoms with van der Waals surface area (Å²) in [4.78, 5) is 11.4. The maximum atomic E-state index is 11.4. The van der Waals surface area contributed by atoms with E-state index in [1.807, 2.05) is 20.8 Å². The van der Waals surface area contributed by atoms with Crippen molar-refractivity contribution in [2.75, 3.05) is 0 Å². The molecule has 1 saturated carbocycles. The summed E-state index contributed by atoms with van der Waals surface area (Å²) >= 11 is 0. The smallest absolute Gasteiger partial charge is 0.407 e. The molecule has 0 aromatic heterocycles. The molecule has 1 amide bonds. The van der Waals surface area contributed by atoms with Crippen molar-refractivity contribution in [2.45, 2.75) is 58.1 Å². The largest absolute Gasteiger partial charge is 0.444 e. The van der Waals surface area contributed by atoms with Gasteiger partial charge in [0.15, 0.2) is 0 Å². The highest BCUT2D eigenvalue weighted by molar-refractivity contribution is 5.68. The normalized spacial score (nSPS) is 19.1. The first kappa shape index (κ1) is 11.3. The minimum Gasteiger partial charge on any atom is -0.444 e. The van der Waals surface area contributed by atoms with E-state index in [1.54, 1.807) is 0 Å². The molecule has 0 bridgehead atoms. The Kier molecular flexibility index (Phi) is 3.78. The molecule has 0 aliphatic heterocycles. The first-order valence-corrected chi connectivity index (χ1v) is 5.28. The van der Waals surface area contributed by atoms with Crippen LogP contribution >= 0.6 is 0 Å². The van der Waals surface area contributed by atoms with Crippen molar-refractivity contribution in [3.8, 4) is 0 Å². The molecule has 1 aliphatic rings. The lowest BCUT2D eigenvalue weighted by molar-refractivity contribution is 0.0496. The third-order valence-electron chi connectivity index (χ3n) is 2.16. The van der Waals surface area contributed by atoms with E-state index < -0.39 is 5.60 Å². The Bertz CT molecular complexity index is 190. The van der Waals surface area contributed by atoms with Crippen molar-refractivity contribution in [1.29, 1.82) is 0 Å². The van der Waals surface area contributed by atoms with Gasteiger partial charge >= 0.3 is 6.09 Å². The molecule has 0 unspecified atom stereocenters. The lowest BCUT2D eigenvalue weighted by Crippen LogP contribution is -2.40. The molecule has 1 radical (unpaired) electrons. The predicted octanol–water partition coefficient (Wildman–Crippen LogP) is 2.66. The SMILES string of the molecule is CC(C)(C)OC(=O)NC1CC[CH]CC1. The highest BCUT2D eigenvalue weighted by atomic mass is 16.6. The van der Waals surface area contributed by atoms with E-state index in [2.05, 4.69) is 11.7 Å². The zero-order valence-corrected chi connectivity index (χ0v) is 9.30. The second kappa shape index (κ2) is 4.67. The summed E-state index contributed by atoms with van der Waals surface area (Å²) in [7, 11) is 0. The molecule has 1 N–H and O–H groups in total. The van der Waals surface area contributed by atoms with Gasteiger partial charge in [0.25, 0.3) is 0 Å². The van der Waals surface area contributed by atoms with Crippen LogP contribution in [0.15, 0.2) is 0 Å².